The van der Waals surface area contributed by atoms with E-state index in [1.165, 1.54) is 34.4 Å². The molecule has 0 bridgehead atoms. The molecule has 0 aliphatic carbocycles. The van der Waals surface area contributed by atoms with Gasteiger partial charge < -0.3 is 9.30 Å². The van der Waals surface area contributed by atoms with Crippen LogP contribution in [-0.2, 0) is 17.8 Å². The fraction of sp³-hybridized carbons (Fsp3) is 0.320. The highest BCUT2D eigenvalue weighted by molar-refractivity contribution is 7.17. The standard InChI is InChI=1S/C25H24FN3O3S/c1-15-10-20(16(2)29(15)11-19-4-3-9-32-19)22(30)12-28-14-27-24-23(25(28)31)21(13-33-24)17-5-7-18(26)8-6-17/h5-8,10,13-14,19H,3-4,9,11-12H2,1-2H3/t19-/m0/s1. The van der Waals surface area contributed by atoms with Crippen molar-refractivity contribution in [3.8, 4) is 11.1 Å². The molecule has 0 amide bonds. The van der Waals surface area contributed by atoms with Crippen molar-refractivity contribution in [2.24, 2.45) is 0 Å². The van der Waals surface area contributed by atoms with Crippen LogP contribution < -0.4 is 5.56 Å². The van der Waals surface area contributed by atoms with E-state index in [2.05, 4.69) is 9.55 Å². The zero-order valence-electron chi connectivity index (χ0n) is 18.5. The summed E-state index contributed by atoms with van der Waals surface area (Å²) >= 11 is 1.36. The van der Waals surface area contributed by atoms with Crippen molar-refractivity contribution in [1.82, 2.24) is 14.1 Å². The predicted octanol–water partition coefficient (Wildman–Crippen LogP) is 4.74. The maximum Gasteiger partial charge on any atom is 0.263 e. The topological polar surface area (TPSA) is 66.1 Å². The highest BCUT2D eigenvalue weighted by Gasteiger charge is 2.22. The second-order valence-electron chi connectivity index (χ2n) is 8.47. The molecule has 0 radical (unpaired) electrons. The van der Waals surface area contributed by atoms with E-state index in [1.807, 2.05) is 25.3 Å². The van der Waals surface area contributed by atoms with Crippen molar-refractivity contribution in [3.63, 3.8) is 0 Å². The SMILES string of the molecule is Cc1cc(C(=O)Cn2cnc3scc(-c4ccc(F)cc4)c3c2=O)c(C)n1C[C@@H]1CCCO1. The summed E-state index contributed by atoms with van der Waals surface area (Å²) in [5, 5.41) is 2.29. The third-order valence-electron chi connectivity index (χ3n) is 6.31. The summed E-state index contributed by atoms with van der Waals surface area (Å²) in [6, 6.07) is 7.90. The molecule has 1 aliphatic heterocycles. The molecule has 1 aliphatic rings. The molecule has 0 saturated carbocycles. The van der Waals surface area contributed by atoms with Crippen molar-refractivity contribution in [3.05, 3.63) is 75.2 Å². The number of aromatic nitrogens is 3. The molecule has 1 fully saturated rings. The van der Waals surface area contributed by atoms with Crippen molar-refractivity contribution < 1.29 is 13.9 Å². The van der Waals surface area contributed by atoms with Crippen LogP contribution in [0.15, 0.2) is 46.8 Å². The summed E-state index contributed by atoms with van der Waals surface area (Å²) < 4.78 is 22.6. The smallest absolute Gasteiger partial charge is 0.263 e. The molecule has 1 atom stereocenters. The highest BCUT2D eigenvalue weighted by Crippen LogP contribution is 2.30. The van der Waals surface area contributed by atoms with E-state index < -0.39 is 0 Å². The average molecular weight is 466 g/mol. The summed E-state index contributed by atoms with van der Waals surface area (Å²) in [5.74, 6) is -0.472. The molecule has 3 aromatic heterocycles. The summed E-state index contributed by atoms with van der Waals surface area (Å²) in [5.41, 5.74) is 3.66. The van der Waals surface area contributed by atoms with Crippen molar-refractivity contribution in [2.45, 2.75) is 45.9 Å². The van der Waals surface area contributed by atoms with Gasteiger partial charge in [-0.25, -0.2) is 9.37 Å². The second-order valence-corrected chi connectivity index (χ2v) is 9.33. The molecular weight excluding hydrogens is 441 g/mol. The van der Waals surface area contributed by atoms with Crippen LogP contribution in [0, 0.1) is 19.7 Å². The molecule has 1 saturated heterocycles. The van der Waals surface area contributed by atoms with Crippen LogP contribution in [0.5, 0.6) is 0 Å². The second kappa shape index (κ2) is 8.68. The lowest BCUT2D eigenvalue weighted by molar-refractivity contribution is 0.0948. The number of nitrogens with zero attached hydrogens (tertiary/aromatic N) is 3. The number of hydrogen-bond donors (Lipinski definition) is 0. The Morgan fingerprint density at radius 3 is 2.79 bits per heavy atom. The van der Waals surface area contributed by atoms with E-state index in [0.29, 0.717) is 21.3 Å². The first-order valence-electron chi connectivity index (χ1n) is 11.0. The Labute approximate surface area is 194 Å². The van der Waals surface area contributed by atoms with Gasteiger partial charge in [-0.05, 0) is 50.5 Å². The van der Waals surface area contributed by atoms with Gasteiger partial charge in [0, 0.05) is 41.0 Å². The third kappa shape index (κ3) is 4.05. The van der Waals surface area contributed by atoms with Crippen molar-refractivity contribution in [1.29, 1.82) is 0 Å². The number of thiophene rings is 1. The quantitative estimate of drug-likeness (QED) is 0.386. The Kier molecular flexibility index (Phi) is 5.72. The molecule has 0 unspecified atom stereocenters. The fourth-order valence-corrected chi connectivity index (χ4v) is 5.42. The minimum atomic E-state index is -0.337. The number of aryl methyl sites for hydroxylation is 1. The third-order valence-corrected chi connectivity index (χ3v) is 7.20. The number of fused-ring (bicyclic) bond motifs is 1. The van der Waals surface area contributed by atoms with Gasteiger partial charge in [-0.2, -0.15) is 0 Å². The van der Waals surface area contributed by atoms with E-state index in [1.54, 1.807) is 12.1 Å². The molecule has 8 heteroatoms. The van der Waals surface area contributed by atoms with Gasteiger partial charge in [0.25, 0.3) is 5.56 Å². The summed E-state index contributed by atoms with van der Waals surface area (Å²) in [6.45, 7) is 5.35. The zero-order chi connectivity index (χ0) is 23.1. The minimum absolute atomic E-state index is 0.0926. The summed E-state index contributed by atoms with van der Waals surface area (Å²) in [4.78, 5) is 31.5. The number of ketones is 1. The number of rotatable bonds is 6. The molecule has 5 rings (SSSR count). The van der Waals surface area contributed by atoms with Gasteiger partial charge in [-0.3, -0.25) is 14.2 Å². The van der Waals surface area contributed by atoms with Crippen LogP contribution in [0.4, 0.5) is 4.39 Å². The molecule has 33 heavy (non-hydrogen) atoms. The molecule has 170 valence electrons. The number of carbonyl (C=O) groups excluding carboxylic acids is 1. The molecule has 6 nitrogen and oxygen atoms in total. The zero-order valence-corrected chi connectivity index (χ0v) is 19.3. The van der Waals surface area contributed by atoms with E-state index in [0.717, 1.165) is 42.9 Å². The van der Waals surface area contributed by atoms with Crippen LogP contribution in [-0.4, -0.2) is 32.6 Å². The van der Waals surface area contributed by atoms with Crippen LogP contribution in [0.25, 0.3) is 21.3 Å². The number of Topliss-reactive ketones (excluding diaryl/α,β-unsaturated/α-hetero) is 1. The molecule has 0 spiro atoms. The first kappa shape index (κ1) is 21.7. The van der Waals surface area contributed by atoms with Gasteiger partial charge in [0.15, 0.2) is 5.78 Å². The number of hydrogen-bond acceptors (Lipinski definition) is 5. The first-order valence-corrected chi connectivity index (χ1v) is 11.8. The Bertz CT molecular complexity index is 1400. The minimum Gasteiger partial charge on any atom is -0.376 e. The molecule has 0 N–H and O–H groups in total. The Morgan fingerprint density at radius 2 is 2.06 bits per heavy atom. The Hall–Kier alpha value is -3.10. The summed E-state index contributed by atoms with van der Waals surface area (Å²) in [7, 11) is 0. The highest BCUT2D eigenvalue weighted by atomic mass is 32.1. The van der Waals surface area contributed by atoms with Gasteiger partial charge in [-0.15, -0.1) is 11.3 Å². The average Bonchev–Trinajstić information content (AvgIpc) is 3.53. The van der Waals surface area contributed by atoms with E-state index in [4.69, 9.17) is 4.74 Å². The van der Waals surface area contributed by atoms with E-state index in [-0.39, 0.29) is 29.8 Å². The van der Waals surface area contributed by atoms with Crippen LogP contribution in [0.1, 0.15) is 34.6 Å². The lowest BCUT2D eigenvalue weighted by Gasteiger charge is -2.14. The molecular formula is C25H24FN3O3S. The van der Waals surface area contributed by atoms with E-state index >= 15 is 0 Å². The number of halogens is 1. The Balaban J connectivity index is 1.45. The molecule has 4 heterocycles. The monoisotopic (exact) mass is 465 g/mol. The maximum absolute atomic E-state index is 13.3. The molecule has 4 aromatic rings. The number of ether oxygens (including phenoxy) is 1. The fourth-order valence-electron chi connectivity index (χ4n) is 4.52. The molecule has 1 aromatic carbocycles. The van der Waals surface area contributed by atoms with Gasteiger partial charge in [0.05, 0.1) is 24.4 Å². The summed E-state index contributed by atoms with van der Waals surface area (Å²) in [6.07, 6.45) is 3.70. The van der Waals surface area contributed by atoms with Gasteiger partial charge in [-0.1, -0.05) is 12.1 Å². The van der Waals surface area contributed by atoms with Crippen LogP contribution in [0.3, 0.4) is 0 Å². The lowest BCUT2D eigenvalue weighted by atomic mass is 10.1. The predicted molar refractivity (Wildman–Crippen MR) is 126 cm³/mol. The van der Waals surface area contributed by atoms with Crippen molar-refractivity contribution in [2.75, 3.05) is 6.61 Å². The normalized spacial score (nSPS) is 16.0. The largest absolute Gasteiger partial charge is 0.376 e. The van der Waals surface area contributed by atoms with Gasteiger partial charge in [0.1, 0.15) is 10.6 Å². The van der Waals surface area contributed by atoms with Crippen LogP contribution in [0.2, 0.25) is 0 Å². The Morgan fingerprint density at radius 1 is 1.27 bits per heavy atom. The van der Waals surface area contributed by atoms with Gasteiger partial charge >= 0.3 is 0 Å². The van der Waals surface area contributed by atoms with Gasteiger partial charge in [0.2, 0.25) is 0 Å². The van der Waals surface area contributed by atoms with Crippen molar-refractivity contribution >= 4 is 27.3 Å². The van der Waals surface area contributed by atoms with Crippen LogP contribution >= 0.6 is 11.3 Å². The lowest BCUT2D eigenvalue weighted by Crippen LogP contribution is -2.25. The maximum atomic E-state index is 13.3. The number of carbonyl (C=O) groups is 1. The van der Waals surface area contributed by atoms with E-state index in [9.17, 15) is 14.0 Å². The first-order chi connectivity index (χ1) is 15.9. The number of benzene rings is 1.